The molecule has 0 saturated heterocycles. The molecule has 0 aliphatic heterocycles. The van der Waals surface area contributed by atoms with E-state index >= 15 is 0 Å². The molecule has 0 spiro atoms. The van der Waals surface area contributed by atoms with Gasteiger partial charge in [0, 0.05) is 12.0 Å². The van der Waals surface area contributed by atoms with Gasteiger partial charge in [0.05, 0.1) is 10.2 Å². The molecule has 1 aromatic rings. The average molecular weight is 350 g/mol. The molecule has 1 aromatic heterocycles. The summed E-state index contributed by atoms with van der Waals surface area (Å²) >= 11 is 9.70. The van der Waals surface area contributed by atoms with Gasteiger partial charge in [-0.25, -0.2) is 9.97 Å². The van der Waals surface area contributed by atoms with E-state index in [4.69, 9.17) is 16.3 Å². The van der Waals surface area contributed by atoms with E-state index in [0.717, 1.165) is 10.2 Å². The lowest BCUT2D eigenvalue weighted by Crippen LogP contribution is -2.21. The standard InChI is InChI=1S/C14H22BrClN2O/c1-7-19-10(8(2)3)13-17-11(14(4,5)6)9(15)12(16)18-13/h8,10H,7H2,1-6H3. The quantitative estimate of drug-likeness (QED) is 0.723. The van der Waals surface area contributed by atoms with Gasteiger partial charge in [-0.2, -0.15) is 0 Å². The Balaban J connectivity index is 3.33. The molecule has 0 aliphatic rings. The summed E-state index contributed by atoms with van der Waals surface area (Å²) < 4.78 is 6.52. The van der Waals surface area contributed by atoms with E-state index in [1.54, 1.807) is 0 Å². The predicted molar refractivity (Wildman–Crippen MR) is 82.6 cm³/mol. The van der Waals surface area contributed by atoms with Gasteiger partial charge in [-0.3, -0.25) is 0 Å². The van der Waals surface area contributed by atoms with Crippen LogP contribution in [-0.4, -0.2) is 16.6 Å². The van der Waals surface area contributed by atoms with Crippen molar-refractivity contribution in [2.24, 2.45) is 5.92 Å². The van der Waals surface area contributed by atoms with E-state index < -0.39 is 0 Å². The van der Waals surface area contributed by atoms with Gasteiger partial charge in [0.2, 0.25) is 0 Å². The molecule has 3 nitrogen and oxygen atoms in total. The highest BCUT2D eigenvalue weighted by Gasteiger charge is 2.26. The van der Waals surface area contributed by atoms with E-state index in [9.17, 15) is 0 Å². The molecule has 108 valence electrons. The summed E-state index contributed by atoms with van der Waals surface area (Å²) in [7, 11) is 0. The largest absolute Gasteiger partial charge is 0.370 e. The number of hydrogen-bond acceptors (Lipinski definition) is 3. The van der Waals surface area contributed by atoms with Gasteiger partial charge < -0.3 is 4.74 Å². The van der Waals surface area contributed by atoms with Crippen molar-refractivity contribution in [2.75, 3.05) is 6.61 Å². The van der Waals surface area contributed by atoms with E-state index in [2.05, 4.69) is 60.5 Å². The molecule has 0 fully saturated rings. The molecule has 19 heavy (non-hydrogen) atoms. The van der Waals surface area contributed by atoms with Crippen LogP contribution in [0.15, 0.2) is 4.47 Å². The topological polar surface area (TPSA) is 35.0 Å². The first kappa shape index (κ1) is 16.9. The minimum atomic E-state index is -0.128. The normalized spacial score (nSPS) is 13.9. The number of rotatable bonds is 4. The monoisotopic (exact) mass is 348 g/mol. The van der Waals surface area contributed by atoms with Crippen LogP contribution in [0.25, 0.3) is 0 Å². The second kappa shape index (κ2) is 6.51. The van der Waals surface area contributed by atoms with Gasteiger partial charge in [0.1, 0.15) is 11.3 Å². The van der Waals surface area contributed by atoms with E-state index in [1.165, 1.54) is 0 Å². The van der Waals surface area contributed by atoms with Crippen LogP contribution in [0.3, 0.4) is 0 Å². The Kier molecular flexibility index (Phi) is 5.78. The van der Waals surface area contributed by atoms with E-state index in [0.29, 0.717) is 23.5 Å². The lowest BCUT2D eigenvalue weighted by molar-refractivity contribution is 0.0229. The molecular weight excluding hydrogens is 328 g/mol. The van der Waals surface area contributed by atoms with Crippen LogP contribution in [0.1, 0.15) is 59.2 Å². The van der Waals surface area contributed by atoms with Crippen molar-refractivity contribution in [2.45, 2.75) is 53.1 Å². The van der Waals surface area contributed by atoms with Gasteiger partial charge >= 0.3 is 0 Å². The Morgan fingerprint density at radius 2 is 1.84 bits per heavy atom. The molecule has 1 atom stereocenters. The van der Waals surface area contributed by atoms with Gasteiger partial charge in [0.15, 0.2) is 5.82 Å². The van der Waals surface area contributed by atoms with Crippen molar-refractivity contribution < 1.29 is 4.74 Å². The highest BCUT2D eigenvalue weighted by atomic mass is 79.9. The van der Waals surface area contributed by atoms with Crippen LogP contribution in [0, 0.1) is 5.92 Å². The van der Waals surface area contributed by atoms with Crippen molar-refractivity contribution in [1.82, 2.24) is 9.97 Å². The zero-order valence-electron chi connectivity index (χ0n) is 12.4. The minimum absolute atomic E-state index is 0.103. The first-order chi connectivity index (χ1) is 8.68. The summed E-state index contributed by atoms with van der Waals surface area (Å²) in [6.07, 6.45) is -0.128. The second-order valence-electron chi connectivity index (χ2n) is 5.91. The van der Waals surface area contributed by atoms with Crippen molar-refractivity contribution in [3.05, 3.63) is 21.1 Å². The maximum atomic E-state index is 6.22. The fourth-order valence-corrected chi connectivity index (χ4v) is 2.75. The first-order valence-corrected chi connectivity index (χ1v) is 7.70. The summed E-state index contributed by atoms with van der Waals surface area (Å²) in [6.45, 7) is 13.1. The molecule has 0 bridgehead atoms. The van der Waals surface area contributed by atoms with Gasteiger partial charge in [-0.15, -0.1) is 0 Å². The fourth-order valence-electron chi connectivity index (χ4n) is 1.80. The number of halogens is 2. The van der Waals surface area contributed by atoms with Crippen LogP contribution in [0.5, 0.6) is 0 Å². The van der Waals surface area contributed by atoms with Gasteiger partial charge in [-0.1, -0.05) is 46.2 Å². The summed E-state index contributed by atoms with van der Waals surface area (Å²) in [4.78, 5) is 9.05. The van der Waals surface area contributed by atoms with Gasteiger partial charge in [-0.05, 0) is 28.8 Å². The molecule has 0 saturated carbocycles. The Labute approximate surface area is 129 Å². The van der Waals surface area contributed by atoms with E-state index in [-0.39, 0.29) is 11.5 Å². The third-order valence-corrected chi connectivity index (χ3v) is 4.00. The fraction of sp³-hybridized carbons (Fsp3) is 0.714. The molecule has 0 aliphatic carbocycles. The lowest BCUT2D eigenvalue weighted by atomic mass is 9.92. The molecule has 1 unspecified atom stereocenters. The Bertz CT molecular complexity index is 444. The zero-order valence-corrected chi connectivity index (χ0v) is 14.8. The number of ether oxygens (including phenoxy) is 1. The summed E-state index contributed by atoms with van der Waals surface area (Å²) in [5.74, 6) is 0.958. The van der Waals surface area contributed by atoms with Crippen molar-refractivity contribution in [1.29, 1.82) is 0 Å². The third kappa shape index (κ3) is 4.14. The summed E-state index contributed by atoms with van der Waals surface area (Å²) in [5.41, 5.74) is 0.807. The molecule has 1 heterocycles. The maximum Gasteiger partial charge on any atom is 0.159 e. The SMILES string of the molecule is CCOC(c1nc(Cl)c(Br)c(C(C)(C)C)n1)C(C)C. The third-order valence-electron chi connectivity index (χ3n) is 2.74. The molecule has 5 heteroatoms. The van der Waals surface area contributed by atoms with Crippen molar-refractivity contribution in [3.8, 4) is 0 Å². The first-order valence-electron chi connectivity index (χ1n) is 6.53. The molecule has 0 radical (unpaired) electrons. The summed E-state index contributed by atoms with van der Waals surface area (Å²) in [6, 6.07) is 0. The highest BCUT2D eigenvalue weighted by Crippen LogP contribution is 2.34. The van der Waals surface area contributed by atoms with Crippen LogP contribution < -0.4 is 0 Å². The van der Waals surface area contributed by atoms with Crippen LogP contribution >= 0.6 is 27.5 Å². The highest BCUT2D eigenvalue weighted by molar-refractivity contribution is 9.10. The lowest BCUT2D eigenvalue weighted by Gasteiger charge is -2.24. The molecule has 0 amide bonds. The maximum absolute atomic E-state index is 6.22. The molecule has 1 rings (SSSR count). The molecule has 0 aromatic carbocycles. The zero-order chi connectivity index (χ0) is 14.8. The van der Waals surface area contributed by atoms with Crippen LogP contribution in [-0.2, 0) is 10.2 Å². The molecule has 0 N–H and O–H groups in total. The summed E-state index contributed by atoms with van der Waals surface area (Å²) in [5, 5.41) is 0.445. The number of nitrogens with zero attached hydrogens (tertiary/aromatic N) is 2. The van der Waals surface area contributed by atoms with Crippen molar-refractivity contribution >= 4 is 27.5 Å². The second-order valence-corrected chi connectivity index (χ2v) is 7.06. The number of hydrogen-bond donors (Lipinski definition) is 0. The predicted octanol–water partition coefficient (Wildman–Crippen LogP) is 4.92. The Morgan fingerprint density at radius 3 is 2.26 bits per heavy atom. The smallest absolute Gasteiger partial charge is 0.159 e. The average Bonchev–Trinajstić information content (AvgIpc) is 2.27. The minimum Gasteiger partial charge on any atom is -0.370 e. The molecular formula is C14H22BrClN2O. The number of aromatic nitrogens is 2. The van der Waals surface area contributed by atoms with Crippen LogP contribution in [0.4, 0.5) is 0 Å². The van der Waals surface area contributed by atoms with Crippen LogP contribution in [0.2, 0.25) is 5.15 Å². The Morgan fingerprint density at radius 1 is 1.26 bits per heavy atom. The Hall–Kier alpha value is -0.190. The van der Waals surface area contributed by atoms with E-state index in [1.807, 2.05) is 6.92 Å². The van der Waals surface area contributed by atoms with Gasteiger partial charge in [0.25, 0.3) is 0 Å². The van der Waals surface area contributed by atoms with Crippen molar-refractivity contribution in [3.63, 3.8) is 0 Å².